The second-order valence-electron chi connectivity index (χ2n) is 4.41. The third-order valence-electron chi connectivity index (χ3n) is 2.94. The monoisotopic (exact) mass is 315 g/mol. The maximum atomic E-state index is 12.0. The Hall–Kier alpha value is -2.91. The van der Waals surface area contributed by atoms with Gasteiger partial charge in [-0.3, -0.25) is 14.9 Å². The molecule has 110 valence electrons. The first-order chi connectivity index (χ1) is 10.5. The van der Waals surface area contributed by atoms with Gasteiger partial charge in [0.15, 0.2) is 0 Å². The molecule has 0 atom stereocenters. The first-order valence-corrected chi connectivity index (χ1v) is 6.60. The van der Waals surface area contributed by atoms with Crippen molar-refractivity contribution in [2.75, 3.05) is 0 Å². The number of benzene rings is 2. The van der Waals surface area contributed by atoms with E-state index >= 15 is 0 Å². The van der Waals surface area contributed by atoms with Gasteiger partial charge in [0.2, 0.25) is 0 Å². The van der Waals surface area contributed by atoms with E-state index in [4.69, 9.17) is 16.9 Å². The number of nitriles is 1. The molecule has 22 heavy (non-hydrogen) atoms. The average molecular weight is 316 g/mol. The highest BCUT2D eigenvalue weighted by molar-refractivity contribution is 6.30. The van der Waals surface area contributed by atoms with E-state index < -0.39 is 4.92 Å². The molecule has 7 heteroatoms. The molecule has 0 aliphatic heterocycles. The lowest BCUT2D eigenvalue weighted by atomic mass is 10.1. The number of halogens is 1. The molecule has 6 nitrogen and oxygen atoms in total. The minimum absolute atomic E-state index is 0.0205. The van der Waals surface area contributed by atoms with Crippen molar-refractivity contribution in [2.24, 2.45) is 0 Å². The van der Waals surface area contributed by atoms with Crippen molar-refractivity contribution in [1.82, 2.24) is 5.32 Å². The molecule has 1 N–H and O–H groups in total. The van der Waals surface area contributed by atoms with Crippen molar-refractivity contribution in [3.8, 4) is 6.07 Å². The first-order valence-electron chi connectivity index (χ1n) is 6.22. The zero-order valence-corrected chi connectivity index (χ0v) is 12.0. The van der Waals surface area contributed by atoms with E-state index in [0.29, 0.717) is 16.1 Å². The third-order valence-corrected chi connectivity index (χ3v) is 3.17. The Kier molecular flexibility index (Phi) is 4.71. The van der Waals surface area contributed by atoms with Crippen molar-refractivity contribution in [3.05, 3.63) is 74.3 Å². The number of nitrogens with one attached hydrogen (secondary N) is 1. The van der Waals surface area contributed by atoms with Crippen molar-refractivity contribution < 1.29 is 9.72 Å². The van der Waals surface area contributed by atoms with Crippen LogP contribution in [0.2, 0.25) is 5.02 Å². The van der Waals surface area contributed by atoms with Crippen LogP contribution in [0.3, 0.4) is 0 Å². The molecule has 0 unspecified atom stereocenters. The second-order valence-corrected chi connectivity index (χ2v) is 4.84. The fourth-order valence-electron chi connectivity index (χ4n) is 1.86. The molecule has 0 aromatic heterocycles. The molecule has 0 fully saturated rings. The van der Waals surface area contributed by atoms with Gasteiger partial charge >= 0.3 is 0 Å². The Labute approximate surface area is 131 Å². The minimum atomic E-state index is -0.582. The fraction of sp³-hybridized carbons (Fsp3) is 0.0667. The highest BCUT2D eigenvalue weighted by Gasteiger charge is 2.15. The number of carbonyl (C=O) groups is 1. The third kappa shape index (κ3) is 3.59. The number of hydrogen-bond donors (Lipinski definition) is 1. The number of rotatable bonds is 4. The van der Waals surface area contributed by atoms with Crippen molar-refractivity contribution >= 4 is 23.2 Å². The number of carbonyl (C=O) groups excluding carboxylic acids is 1. The van der Waals surface area contributed by atoms with Crippen LogP contribution in [0, 0.1) is 21.4 Å². The minimum Gasteiger partial charge on any atom is -0.348 e. The van der Waals surface area contributed by atoms with Gasteiger partial charge in [-0.1, -0.05) is 17.7 Å². The standard InChI is InChI=1S/C15H10ClN3O3/c16-13-3-1-2-11(7-13)15(20)18-9-12-5-4-10(8-17)6-14(12)19(21)22/h1-7H,9H2,(H,18,20). The van der Waals surface area contributed by atoms with E-state index in [2.05, 4.69) is 5.32 Å². The lowest BCUT2D eigenvalue weighted by Gasteiger charge is -2.06. The van der Waals surface area contributed by atoms with Gasteiger partial charge in [-0.15, -0.1) is 0 Å². The van der Waals surface area contributed by atoms with Gasteiger partial charge in [-0.05, 0) is 30.3 Å². The van der Waals surface area contributed by atoms with Crippen LogP contribution < -0.4 is 5.32 Å². The number of amides is 1. The zero-order chi connectivity index (χ0) is 16.1. The second kappa shape index (κ2) is 6.70. The van der Waals surface area contributed by atoms with E-state index in [1.807, 2.05) is 6.07 Å². The predicted molar refractivity (Wildman–Crippen MR) is 80.4 cm³/mol. The topological polar surface area (TPSA) is 96.0 Å². The van der Waals surface area contributed by atoms with Gasteiger partial charge in [0, 0.05) is 28.8 Å². The van der Waals surface area contributed by atoms with E-state index in [-0.39, 0.29) is 23.7 Å². The lowest BCUT2D eigenvalue weighted by Crippen LogP contribution is -2.23. The Balaban J connectivity index is 2.16. The number of nitro groups is 1. The van der Waals surface area contributed by atoms with Gasteiger partial charge in [0.25, 0.3) is 11.6 Å². The van der Waals surface area contributed by atoms with Crippen LogP contribution in [0.4, 0.5) is 5.69 Å². The molecule has 0 aliphatic carbocycles. The summed E-state index contributed by atoms with van der Waals surface area (Å²) >= 11 is 5.81. The van der Waals surface area contributed by atoms with Gasteiger partial charge < -0.3 is 5.32 Å². The molecule has 0 heterocycles. The summed E-state index contributed by atoms with van der Waals surface area (Å²) in [5.41, 5.74) is 0.672. The zero-order valence-electron chi connectivity index (χ0n) is 11.2. The molecule has 2 aromatic rings. The van der Waals surface area contributed by atoms with Gasteiger partial charge in [0.05, 0.1) is 16.6 Å². The van der Waals surface area contributed by atoms with Gasteiger partial charge in [-0.25, -0.2) is 0 Å². The van der Waals surface area contributed by atoms with E-state index in [0.717, 1.165) is 0 Å². The Morgan fingerprint density at radius 2 is 2.09 bits per heavy atom. The molecular formula is C15H10ClN3O3. The largest absolute Gasteiger partial charge is 0.348 e. The summed E-state index contributed by atoms with van der Waals surface area (Å²) in [5, 5.41) is 22.8. The van der Waals surface area contributed by atoms with Crippen LogP contribution in [0.1, 0.15) is 21.5 Å². The van der Waals surface area contributed by atoms with Crippen molar-refractivity contribution in [3.63, 3.8) is 0 Å². The van der Waals surface area contributed by atoms with Gasteiger partial charge in [-0.2, -0.15) is 5.26 Å². The molecule has 0 spiro atoms. The highest BCUT2D eigenvalue weighted by Crippen LogP contribution is 2.20. The highest BCUT2D eigenvalue weighted by atomic mass is 35.5. The molecule has 0 aliphatic rings. The predicted octanol–water partition coefficient (Wildman–Crippen LogP) is 3.05. The normalized spacial score (nSPS) is 9.82. The molecule has 2 rings (SSSR count). The first kappa shape index (κ1) is 15.5. The molecule has 2 aromatic carbocycles. The van der Waals surface area contributed by atoms with Crippen molar-refractivity contribution in [2.45, 2.75) is 6.54 Å². The molecule has 0 bridgehead atoms. The Morgan fingerprint density at radius 3 is 2.73 bits per heavy atom. The molecule has 0 saturated carbocycles. The van der Waals surface area contributed by atoms with E-state index in [1.54, 1.807) is 18.2 Å². The maximum Gasteiger partial charge on any atom is 0.275 e. The quantitative estimate of drug-likeness (QED) is 0.692. The van der Waals surface area contributed by atoms with Crippen LogP contribution in [0.5, 0.6) is 0 Å². The maximum absolute atomic E-state index is 12.0. The fourth-order valence-corrected chi connectivity index (χ4v) is 2.05. The van der Waals surface area contributed by atoms with Crippen LogP contribution >= 0.6 is 11.6 Å². The summed E-state index contributed by atoms with van der Waals surface area (Å²) < 4.78 is 0. The van der Waals surface area contributed by atoms with Crippen LogP contribution in [-0.4, -0.2) is 10.8 Å². The van der Waals surface area contributed by atoms with E-state index in [9.17, 15) is 14.9 Å². The van der Waals surface area contributed by atoms with Crippen LogP contribution in [0.15, 0.2) is 42.5 Å². The number of nitro benzene ring substituents is 1. The lowest BCUT2D eigenvalue weighted by molar-refractivity contribution is -0.385. The molecular weight excluding hydrogens is 306 g/mol. The Bertz CT molecular complexity index is 784. The molecule has 1 amide bonds. The number of hydrogen-bond acceptors (Lipinski definition) is 4. The summed E-state index contributed by atoms with van der Waals surface area (Å²) in [6.45, 7) is -0.0205. The van der Waals surface area contributed by atoms with Crippen LogP contribution in [-0.2, 0) is 6.54 Å². The summed E-state index contributed by atoms with van der Waals surface area (Å²) in [6.07, 6.45) is 0. The van der Waals surface area contributed by atoms with E-state index in [1.165, 1.54) is 24.3 Å². The summed E-state index contributed by atoms with van der Waals surface area (Å²) in [5.74, 6) is -0.388. The SMILES string of the molecule is N#Cc1ccc(CNC(=O)c2cccc(Cl)c2)c([N+](=O)[O-])c1. The van der Waals surface area contributed by atoms with Crippen LogP contribution in [0.25, 0.3) is 0 Å². The summed E-state index contributed by atoms with van der Waals surface area (Å²) in [7, 11) is 0. The summed E-state index contributed by atoms with van der Waals surface area (Å²) in [4.78, 5) is 22.4. The average Bonchev–Trinajstić information content (AvgIpc) is 2.52. The smallest absolute Gasteiger partial charge is 0.275 e. The number of nitrogens with zero attached hydrogens (tertiary/aromatic N) is 2. The molecule has 0 saturated heterocycles. The Morgan fingerprint density at radius 1 is 1.32 bits per heavy atom. The van der Waals surface area contributed by atoms with Crippen molar-refractivity contribution in [1.29, 1.82) is 5.26 Å². The van der Waals surface area contributed by atoms with Gasteiger partial charge in [0.1, 0.15) is 0 Å². The summed E-state index contributed by atoms with van der Waals surface area (Å²) in [6, 6.07) is 12.3. The molecule has 0 radical (unpaired) electrons.